The number of anilines is 1. The van der Waals surface area contributed by atoms with Crippen LogP contribution in [0.5, 0.6) is 11.5 Å². The molecule has 0 saturated carbocycles. The van der Waals surface area contributed by atoms with Crippen molar-refractivity contribution in [2.24, 2.45) is 5.92 Å². The highest BCUT2D eigenvalue weighted by Gasteiger charge is 2.27. The van der Waals surface area contributed by atoms with Gasteiger partial charge in [-0.2, -0.15) is 0 Å². The van der Waals surface area contributed by atoms with Crippen molar-refractivity contribution in [3.8, 4) is 11.5 Å². The van der Waals surface area contributed by atoms with E-state index in [9.17, 15) is 9.59 Å². The molecule has 1 saturated heterocycles. The second kappa shape index (κ2) is 8.60. The molecule has 1 aromatic carbocycles. The molecule has 1 fully saturated rings. The van der Waals surface area contributed by atoms with Crippen LogP contribution in [0.2, 0.25) is 0 Å². The molecular weight excluding hydrogens is 322 g/mol. The van der Waals surface area contributed by atoms with Crippen LogP contribution in [0.1, 0.15) is 26.7 Å². The Morgan fingerprint density at radius 2 is 1.84 bits per heavy atom. The van der Waals surface area contributed by atoms with Crippen LogP contribution in [0.3, 0.4) is 0 Å². The van der Waals surface area contributed by atoms with Crippen LogP contribution < -0.4 is 20.1 Å². The lowest BCUT2D eigenvalue weighted by Gasteiger charge is -2.31. The highest BCUT2D eigenvalue weighted by atomic mass is 16.5. The molecule has 3 amide bonds. The molecule has 0 unspecified atom stereocenters. The van der Waals surface area contributed by atoms with Gasteiger partial charge in [-0.3, -0.25) is 4.79 Å². The summed E-state index contributed by atoms with van der Waals surface area (Å²) in [5, 5.41) is 5.80. The number of hydrogen-bond donors (Lipinski definition) is 2. The number of nitrogens with zero attached hydrogens (tertiary/aromatic N) is 1. The van der Waals surface area contributed by atoms with Gasteiger partial charge in [-0.05, 0) is 38.8 Å². The molecule has 25 heavy (non-hydrogen) atoms. The van der Waals surface area contributed by atoms with E-state index in [2.05, 4.69) is 10.6 Å². The zero-order chi connectivity index (χ0) is 18.4. The molecule has 138 valence electrons. The Hall–Kier alpha value is -2.44. The lowest BCUT2D eigenvalue weighted by molar-refractivity contribution is -0.126. The summed E-state index contributed by atoms with van der Waals surface area (Å²) in [5.74, 6) is 1.25. The summed E-state index contributed by atoms with van der Waals surface area (Å²) in [6.45, 7) is 5.01. The first-order valence-electron chi connectivity index (χ1n) is 8.53. The fourth-order valence-electron chi connectivity index (χ4n) is 2.84. The Morgan fingerprint density at radius 1 is 1.16 bits per heavy atom. The van der Waals surface area contributed by atoms with Gasteiger partial charge in [-0.1, -0.05) is 0 Å². The third kappa shape index (κ3) is 5.01. The van der Waals surface area contributed by atoms with E-state index in [-0.39, 0.29) is 23.9 Å². The minimum atomic E-state index is -0.189. The van der Waals surface area contributed by atoms with Gasteiger partial charge in [0.2, 0.25) is 5.91 Å². The van der Waals surface area contributed by atoms with Crippen molar-refractivity contribution < 1.29 is 19.1 Å². The minimum absolute atomic E-state index is 0.0260. The van der Waals surface area contributed by atoms with Crippen molar-refractivity contribution in [1.29, 1.82) is 0 Å². The van der Waals surface area contributed by atoms with Crippen molar-refractivity contribution in [3.63, 3.8) is 0 Å². The number of rotatable bonds is 5. The maximum atomic E-state index is 12.5. The standard InChI is InChI=1S/C18H27N3O4/c1-12(2)19-17(22)13-7-9-21(10-8-13)18(23)20-15-6-5-14(24-3)11-16(15)25-4/h5-6,11-13H,7-10H2,1-4H3,(H,19,22)(H,20,23). The highest BCUT2D eigenvalue weighted by molar-refractivity contribution is 5.91. The predicted octanol–water partition coefficient (Wildman–Crippen LogP) is 2.47. The number of benzene rings is 1. The molecule has 0 aromatic heterocycles. The molecule has 1 aliphatic heterocycles. The second-order valence-electron chi connectivity index (χ2n) is 6.42. The van der Waals surface area contributed by atoms with Crippen molar-refractivity contribution >= 4 is 17.6 Å². The van der Waals surface area contributed by atoms with E-state index < -0.39 is 0 Å². The monoisotopic (exact) mass is 349 g/mol. The lowest BCUT2D eigenvalue weighted by atomic mass is 9.96. The molecule has 1 aliphatic rings. The topological polar surface area (TPSA) is 79.9 Å². The van der Waals surface area contributed by atoms with Crippen LogP contribution >= 0.6 is 0 Å². The molecule has 0 bridgehead atoms. The maximum Gasteiger partial charge on any atom is 0.321 e. The van der Waals surface area contributed by atoms with Gasteiger partial charge in [0.25, 0.3) is 0 Å². The number of carbonyl (C=O) groups is 2. The first kappa shape index (κ1) is 18.9. The van der Waals surface area contributed by atoms with E-state index in [4.69, 9.17) is 9.47 Å². The number of ether oxygens (including phenoxy) is 2. The number of urea groups is 1. The van der Waals surface area contributed by atoms with Gasteiger partial charge >= 0.3 is 6.03 Å². The zero-order valence-electron chi connectivity index (χ0n) is 15.3. The summed E-state index contributed by atoms with van der Waals surface area (Å²) in [7, 11) is 3.12. The molecule has 0 atom stereocenters. The van der Waals surface area contributed by atoms with Crippen molar-refractivity contribution in [3.05, 3.63) is 18.2 Å². The molecule has 2 rings (SSSR count). The molecular formula is C18H27N3O4. The Morgan fingerprint density at radius 3 is 2.40 bits per heavy atom. The summed E-state index contributed by atoms with van der Waals surface area (Å²) in [6.07, 6.45) is 1.34. The van der Waals surface area contributed by atoms with Crippen molar-refractivity contribution in [2.45, 2.75) is 32.7 Å². The fraction of sp³-hybridized carbons (Fsp3) is 0.556. The van der Waals surface area contributed by atoms with Crippen LogP contribution in [0.4, 0.5) is 10.5 Å². The molecule has 1 aromatic rings. The van der Waals surface area contributed by atoms with Crippen molar-refractivity contribution in [2.75, 3.05) is 32.6 Å². The van der Waals surface area contributed by atoms with Crippen LogP contribution in [0.25, 0.3) is 0 Å². The van der Waals surface area contributed by atoms with E-state index in [1.807, 2.05) is 13.8 Å². The van der Waals surface area contributed by atoms with Crippen molar-refractivity contribution in [1.82, 2.24) is 10.2 Å². The zero-order valence-corrected chi connectivity index (χ0v) is 15.3. The van der Waals surface area contributed by atoms with Crippen LogP contribution in [0.15, 0.2) is 18.2 Å². The molecule has 0 aliphatic carbocycles. The van der Waals surface area contributed by atoms with Gasteiger partial charge in [-0.25, -0.2) is 4.79 Å². The normalized spacial score (nSPS) is 15.0. The molecule has 0 spiro atoms. The summed E-state index contributed by atoms with van der Waals surface area (Å²) in [6, 6.07) is 5.18. The number of nitrogens with one attached hydrogen (secondary N) is 2. The molecule has 7 heteroatoms. The third-order valence-corrected chi connectivity index (χ3v) is 4.23. The average molecular weight is 349 g/mol. The lowest BCUT2D eigenvalue weighted by Crippen LogP contribution is -2.45. The Balaban J connectivity index is 1.92. The van der Waals surface area contributed by atoms with Gasteiger partial charge in [0.1, 0.15) is 11.5 Å². The Kier molecular flexibility index (Phi) is 6.50. The van der Waals surface area contributed by atoms with E-state index in [0.717, 1.165) is 0 Å². The Bertz CT molecular complexity index is 610. The number of piperidine rings is 1. The first-order chi connectivity index (χ1) is 11.9. The van der Waals surface area contributed by atoms with E-state index in [1.165, 1.54) is 0 Å². The van der Waals surface area contributed by atoms with Crippen LogP contribution in [-0.4, -0.2) is 50.2 Å². The third-order valence-electron chi connectivity index (χ3n) is 4.23. The molecule has 7 nitrogen and oxygen atoms in total. The van der Waals surface area contributed by atoms with Crippen LogP contribution in [-0.2, 0) is 4.79 Å². The minimum Gasteiger partial charge on any atom is -0.497 e. The van der Waals surface area contributed by atoms with Gasteiger partial charge in [0.05, 0.1) is 19.9 Å². The summed E-state index contributed by atoms with van der Waals surface area (Å²) in [5.41, 5.74) is 0.591. The Labute approximate surface area is 148 Å². The number of hydrogen-bond acceptors (Lipinski definition) is 4. The quantitative estimate of drug-likeness (QED) is 0.856. The molecule has 0 radical (unpaired) electrons. The van der Waals surface area contributed by atoms with Gasteiger partial charge < -0.3 is 25.0 Å². The summed E-state index contributed by atoms with van der Waals surface area (Å²) < 4.78 is 10.4. The number of likely N-dealkylation sites (tertiary alicyclic amines) is 1. The van der Waals surface area contributed by atoms with E-state index in [1.54, 1.807) is 37.3 Å². The molecule has 2 N–H and O–H groups in total. The maximum absolute atomic E-state index is 12.5. The summed E-state index contributed by atoms with van der Waals surface area (Å²) >= 11 is 0. The van der Waals surface area contributed by atoms with E-state index in [0.29, 0.717) is 43.1 Å². The summed E-state index contributed by atoms with van der Waals surface area (Å²) in [4.78, 5) is 26.3. The average Bonchev–Trinajstić information content (AvgIpc) is 2.61. The van der Waals surface area contributed by atoms with Crippen LogP contribution in [0, 0.1) is 5.92 Å². The number of amides is 3. The fourth-order valence-corrected chi connectivity index (χ4v) is 2.84. The first-order valence-corrected chi connectivity index (χ1v) is 8.53. The van der Waals surface area contributed by atoms with Gasteiger partial charge in [0, 0.05) is 31.1 Å². The second-order valence-corrected chi connectivity index (χ2v) is 6.42. The largest absolute Gasteiger partial charge is 0.497 e. The molecule has 1 heterocycles. The number of carbonyl (C=O) groups excluding carboxylic acids is 2. The predicted molar refractivity (Wildman–Crippen MR) is 96.1 cm³/mol. The smallest absolute Gasteiger partial charge is 0.321 e. The van der Waals surface area contributed by atoms with Gasteiger partial charge in [-0.15, -0.1) is 0 Å². The van der Waals surface area contributed by atoms with Gasteiger partial charge in [0.15, 0.2) is 0 Å². The highest BCUT2D eigenvalue weighted by Crippen LogP contribution is 2.29. The SMILES string of the molecule is COc1ccc(NC(=O)N2CCC(C(=O)NC(C)C)CC2)c(OC)c1. The van der Waals surface area contributed by atoms with E-state index >= 15 is 0 Å². The number of methoxy groups -OCH3 is 2.